The summed E-state index contributed by atoms with van der Waals surface area (Å²) >= 11 is 0. The van der Waals surface area contributed by atoms with E-state index in [-0.39, 0.29) is 5.75 Å². The van der Waals surface area contributed by atoms with Gasteiger partial charge in [-0.1, -0.05) is 18.2 Å². The number of nitrogen functional groups attached to an aromatic ring is 1. The Bertz CT molecular complexity index is 705. The maximum atomic E-state index is 9.71. The molecule has 1 aromatic carbocycles. The highest BCUT2D eigenvalue weighted by atomic mass is 16.3. The minimum absolute atomic E-state index is 0.254. The maximum absolute atomic E-state index is 9.71. The highest BCUT2D eigenvalue weighted by Gasteiger charge is 2.08. The molecule has 3 aromatic rings. The van der Waals surface area contributed by atoms with Crippen LogP contribution in [0.3, 0.4) is 0 Å². The molecule has 0 atom stereocenters. The Morgan fingerprint density at radius 1 is 1.17 bits per heavy atom. The summed E-state index contributed by atoms with van der Waals surface area (Å²) in [7, 11) is 0. The molecule has 0 amide bonds. The normalized spacial score (nSPS) is 10.9. The number of hydrogen-bond acceptors (Lipinski definition) is 4. The maximum Gasteiger partial charge on any atom is 0.178 e. The molecule has 0 unspecified atom stereocenters. The molecule has 0 spiro atoms. The Morgan fingerprint density at radius 2 is 2.00 bits per heavy atom. The number of benzene rings is 1. The number of nitrogens with zero attached hydrogens (tertiary/aromatic N) is 3. The van der Waals surface area contributed by atoms with Gasteiger partial charge in [-0.05, 0) is 18.2 Å². The van der Waals surface area contributed by atoms with Crippen molar-refractivity contribution in [1.82, 2.24) is 14.6 Å². The SMILES string of the molecule is Nc1cccn2nc(Cc3ccccc3O)nc12. The van der Waals surface area contributed by atoms with E-state index in [9.17, 15) is 5.11 Å². The van der Waals surface area contributed by atoms with Crippen LogP contribution < -0.4 is 5.73 Å². The number of phenols is 1. The van der Waals surface area contributed by atoms with Gasteiger partial charge in [-0.25, -0.2) is 9.50 Å². The summed E-state index contributed by atoms with van der Waals surface area (Å²) in [6.07, 6.45) is 2.28. The molecule has 0 radical (unpaired) electrons. The first-order chi connectivity index (χ1) is 8.74. The fraction of sp³-hybridized carbons (Fsp3) is 0.0769. The van der Waals surface area contributed by atoms with Crippen LogP contribution in [0, 0.1) is 0 Å². The highest BCUT2D eigenvalue weighted by Crippen LogP contribution is 2.19. The Labute approximate surface area is 104 Å². The molecule has 18 heavy (non-hydrogen) atoms. The largest absolute Gasteiger partial charge is 0.508 e. The molecule has 0 aliphatic heterocycles. The van der Waals surface area contributed by atoms with Crippen molar-refractivity contribution in [2.75, 3.05) is 5.73 Å². The number of aromatic nitrogens is 3. The van der Waals surface area contributed by atoms with Crippen LogP contribution in [0.15, 0.2) is 42.6 Å². The van der Waals surface area contributed by atoms with Crippen LogP contribution >= 0.6 is 0 Å². The van der Waals surface area contributed by atoms with Gasteiger partial charge in [-0.15, -0.1) is 0 Å². The van der Waals surface area contributed by atoms with Crippen molar-refractivity contribution < 1.29 is 5.11 Å². The van der Waals surface area contributed by atoms with Gasteiger partial charge in [0, 0.05) is 18.2 Å². The molecular weight excluding hydrogens is 228 g/mol. The molecule has 2 heterocycles. The molecular formula is C13H12N4O. The summed E-state index contributed by atoms with van der Waals surface area (Å²) in [5.74, 6) is 0.888. The first kappa shape index (κ1) is 10.6. The van der Waals surface area contributed by atoms with Crippen LogP contribution in [0.1, 0.15) is 11.4 Å². The zero-order valence-corrected chi connectivity index (χ0v) is 9.61. The second kappa shape index (κ2) is 4.03. The molecule has 0 aliphatic carbocycles. The van der Waals surface area contributed by atoms with Gasteiger partial charge in [0.05, 0.1) is 5.69 Å². The monoisotopic (exact) mass is 240 g/mol. The Hall–Kier alpha value is -2.56. The van der Waals surface area contributed by atoms with Crippen molar-refractivity contribution >= 4 is 11.3 Å². The Kier molecular flexibility index (Phi) is 2.37. The van der Waals surface area contributed by atoms with Crippen molar-refractivity contribution in [1.29, 1.82) is 0 Å². The lowest BCUT2D eigenvalue weighted by molar-refractivity contribution is 0.469. The van der Waals surface area contributed by atoms with E-state index in [0.717, 1.165) is 5.56 Å². The number of para-hydroxylation sites is 1. The Morgan fingerprint density at radius 3 is 2.78 bits per heavy atom. The number of aromatic hydroxyl groups is 1. The lowest BCUT2D eigenvalue weighted by Gasteiger charge is -1.99. The van der Waals surface area contributed by atoms with E-state index in [1.54, 1.807) is 28.9 Å². The quantitative estimate of drug-likeness (QED) is 0.713. The molecule has 5 nitrogen and oxygen atoms in total. The lowest BCUT2D eigenvalue weighted by Crippen LogP contribution is -1.93. The van der Waals surface area contributed by atoms with Gasteiger partial charge in [0.1, 0.15) is 5.75 Å². The summed E-state index contributed by atoms with van der Waals surface area (Å²) < 4.78 is 1.64. The number of nitrogens with two attached hydrogens (primary N) is 1. The van der Waals surface area contributed by atoms with Gasteiger partial charge in [0.2, 0.25) is 0 Å². The van der Waals surface area contributed by atoms with Crippen molar-refractivity contribution in [3.8, 4) is 5.75 Å². The third-order valence-electron chi connectivity index (χ3n) is 2.78. The number of hydrogen-bond donors (Lipinski definition) is 2. The van der Waals surface area contributed by atoms with Gasteiger partial charge in [-0.3, -0.25) is 0 Å². The van der Waals surface area contributed by atoms with Gasteiger partial charge in [0.15, 0.2) is 11.5 Å². The van der Waals surface area contributed by atoms with Crippen LogP contribution in [-0.2, 0) is 6.42 Å². The van der Waals surface area contributed by atoms with E-state index in [0.29, 0.717) is 23.6 Å². The summed E-state index contributed by atoms with van der Waals surface area (Å²) in [5, 5.41) is 14.0. The zero-order chi connectivity index (χ0) is 12.5. The summed E-state index contributed by atoms with van der Waals surface area (Å²) in [6.45, 7) is 0. The molecule has 0 saturated heterocycles. The fourth-order valence-corrected chi connectivity index (χ4v) is 1.88. The van der Waals surface area contributed by atoms with Crippen molar-refractivity contribution in [3.63, 3.8) is 0 Å². The molecule has 3 rings (SSSR count). The number of anilines is 1. The molecule has 0 bridgehead atoms. The number of fused-ring (bicyclic) bond motifs is 1. The standard InChI is InChI=1S/C13H12N4O/c14-10-5-3-7-17-13(10)15-12(16-17)8-9-4-1-2-6-11(9)18/h1-7,18H,8,14H2. The molecule has 0 saturated carbocycles. The van der Waals surface area contributed by atoms with Gasteiger partial charge >= 0.3 is 0 Å². The predicted molar refractivity (Wildman–Crippen MR) is 68.3 cm³/mol. The smallest absolute Gasteiger partial charge is 0.178 e. The average molecular weight is 240 g/mol. The first-order valence-electron chi connectivity index (χ1n) is 5.60. The molecule has 2 aromatic heterocycles. The lowest BCUT2D eigenvalue weighted by atomic mass is 10.1. The first-order valence-corrected chi connectivity index (χ1v) is 5.60. The fourth-order valence-electron chi connectivity index (χ4n) is 1.88. The summed E-state index contributed by atoms with van der Waals surface area (Å²) in [6, 6.07) is 10.8. The van der Waals surface area contributed by atoms with Crippen LogP contribution in [-0.4, -0.2) is 19.7 Å². The summed E-state index contributed by atoms with van der Waals surface area (Å²) in [5.41, 5.74) is 7.85. The van der Waals surface area contributed by atoms with Gasteiger partial charge < -0.3 is 10.8 Å². The number of phenolic OH excluding ortho intramolecular Hbond substituents is 1. The van der Waals surface area contributed by atoms with Crippen molar-refractivity contribution in [2.45, 2.75) is 6.42 Å². The van der Waals surface area contributed by atoms with E-state index in [1.807, 2.05) is 18.2 Å². The van der Waals surface area contributed by atoms with E-state index < -0.39 is 0 Å². The topological polar surface area (TPSA) is 76.4 Å². The van der Waals surface area contributed by atoms with Crippen molar-refractivity contribution in [3.05, 3.63) is 54.0 Å². The molecule has 0 fully saturated rings. The third-order valence-corrected chi connectivity index (χ3v) is 2.78. The average Bonchev–Trinajstić information content (AvgIpc) is 2.76. The van der Waals surface area contributed by atoms with E-state index >= 15 is 0 Å². The van der Waals surface area contributed by atoms with Crippen LogP contribution in [0.4, 0.5) is 5.69 Å². The summed E-state index contributed by atoms with van der Waals surface area (Å²) in [4.78, 5) is 4.36. The molecule has 0 aliphatic rings. The number of pyridine rings is 1. The van der Waals surface area contributed by atoms with E-state index in [1.165, 1.54) is 0 Å². The van der Waals surface area contributed by atoms with Gasteiger partial charge in [-0.2, -0.15) is 5.10 Å². The minimum Gasteiger partial charge on any atom is -0.508 e. The van der Waals surface area contributed by atoms with E-state index in [4.69, 9.17) is 5.73 Å². The third kappa shape index (κ3) is 1.75. The zero-order valence-electron chi connectivity index (χ0n) is 9.61. The molecule has 3 N–H and O–H groups in total. The second-order valence-electron chi connectivity index (χ2n) is 4.07. The molecule has 90 valence electrons. The number of rotatable bonds is 2. The van der Waals surface area contributed by atoms with Gasteiger partial charge in [0.25, 0.3) is 0 Å². The highest BCUT2D eigenvalue weighted by molar-refractivity contribution is 5.63. The molecule has 5 heteroatoms. The van der Waals surface area contributed by atoms with Crippen molar-refractivity contribution in [2.24, 2.45) is 0 Å². The Balaban J connectivity index is 2.01. The van der Waals surface area contributed by atoms with Crippen LogP contribution in [0.5, 0.6) is 5.75 Å². The predicted octanol–water partition coefficient (Wildman–Crippen LogP) is 1.61. The second-order valence-corrected chi connectivity index (χ2v) is 4.07. The van der Waals surface area contributed by atoms with E-state index in [2.05, 4.69) is 10.1 Å². The van der Waals surface area contributed by atoms with Crippen LogP contribution in [0.25, 0.3) is 5.65 Å². The van der Waals surface area contributed by atoms with Crippen LogP contribution in [0.2, 0.25) is 0 Å². The minimum atomic E-state index is 0.254.